The first-order valence-electron chi connectivity index (χ1n) is 6.98. The highest BCUT2D eigenvalue weighted by atomic mass is 35.5. The molecule has 0 amide bonds. The van der Waals surface area contributed by atoms with Crippen molar-refractivity contribution in [1.29, 1.82) is 0 Å². The van der Waals surface area contributed by atoms with Gasteiger partial charge in [-0.1, -0.05) is 25.4 Å². The van der Waals surface area contributed by atoms with Gasteiger partial charge in [-0.15, -0.1) is 0 Å². The number of oxazole rings is 1. The number of rotatable bonds is 6. The van der Waals surface area contributed by atoms with Crippen molar-refractivity contribution in [3.8, 4) is 11.5 Å². The number of nitrogens with two attached hydrogens (primary N) is 1. The van der Waals surface area contributed by atoms with E-state index in [9.17, 15) is 0 Å². The molecule has 0 bridgehead atoms. The van der Waals surface area contributed by atoms with Crippen LogP contribution in [0.15, 0.2) is 34.9 Å². The van der Waals surface area contributed by atoms with Gasteiger partial charge in [0.1, 0.15) is 6.26 Å². The van der Waals surface area contributed by atoms with E-state index in [1.807, 2.05) is 24.3 Å². The van der Waals surface area contributed by atoms with Gasteiger partial charge in [-0.2, -0.15) is 0 Å². The molecule has 0 saturated heterocycles. The maximum absolute atomic E-state index is 5.88. The van der Waals surface area contributed by atoms with Crippen molar-refractivity contribution in [2.45, 2.75) is 20.4 Å². The summed E-state index contributed by atoms with van der Waals surface area (Å²) in [4.78, 5) is 6.73. The third-order valence-electron chi connectivity index (χ3n) is 3.33. The summed E-state index contributed by atoms with van der Waals surface area (Å²) in [5.74, 6) is 0.619. The lowest BCUT2D eigenvalue weighted by Crippen LogP contribution is -2.36. The quantitative estimate of drug-likeness (QED) is 0.888. The van der Waals surface area contributed by atoms with Gasteiger partial charge in [-0.25, -0.2) is 4.98 Å². The second-order valence-electron chi connectivity index (χ2n) is 6.19. The third kappa shape index (κ3) is 4.56. The van der Waals surface area contributed by atoms with Crippen LogP contribution in [-0.2, 0) is 6.54 Å². The molecule has 0 aliphatic carbocycles. The Balaban J connectivity index is 2.01. The van der Waals surface area contributed by atoms with Crippen molar-refractivity contribution >= 4 is 11.6 Å². The summed E-state index contributed by atoms with van der Waals surface area (Å²) in [7, 11) is 2.06. The Bertz CT molecular complexity index is 577. The van der Waals surface area contributed by atoms with Crippen LogP contribution in [0, 0.1) is 5.41 Å². The highest BCUT2D eigenvalue weighted by Crippen LogP contribution is 2.22. The maximum Gasteiger partial charge on any atom is 0.226 e. The van der Waals surface area contributed by atoms with Crippen LogP contribution in [0.5, 0.6) is 0 Å². The lowest BCUT2D eigenvalue weighted by Gasteiger charge is -2.28. The van der Waals surface area contributed by atoms with E-state index in [-0.39, 0.29) is 5.41 Å². The Kier molecular flexibility index (Phi) is 5.04. The Morgan fingerprint density at radius 2 is 1.95 bits per heavy atom. The van der Waals surface area contributed by atoms with Crippen LogP contribution >= 0.6 is 11.6 Å². The van der Waals surface area contributed by atoms with E-state index < -0.39 is 0 Å². The number of hydrogen-bond acceptors (Lipinski definition) is 4. The van der Waals surface area contributed by atoms with E-state index in [1.165, 1.54) is 0 Å². The molecule has 5 heteroatoms. The average Bonchev–Trinajstić information content (AvgIpc) is 2.87. The molecule has 4 nitrogen and oxygen atoms in total. The topological polar surface area (TPSA) is 55.3 Å². The molecule has 0 atom stereocenters. The summed E-state index contributed by atoms with van der Waals surface area (Å²) in [6.45, 7) is 6.62. The molecule has 114 valence electrons. The van der Waals surface area contributed by atoms with E-state index in [2.05, 4.69) is 30.8 Å². The van der Waals surface area contributed by atoms with Gasteiger partial charge in [0.2, 0.25) is 5.89 Å². The summed E-state index contributed by atoms with van der Waals surface area (Å²) in [6.07, 6.45) is 1.70. The van der Waals surface area contributed by atoms with Gasteiger partial charge in [0.05, 0.1) is 5.69 Å². The molecule has 0 unspecified atom stereocenters. The van der Waals surface area contributed by atoms with E-state index in [1.54, 1.807) is 6.26 Å². The summed E-state index contributed by atoms with van der Waals surface area (Å²) in [5, 5.41) is 0.703. The standard InChI is InChI=1S/C16H22ClN3O/c1-16(2,10-18)11-20(3)8-14-9-21-15(19-14)12-4-6-13(17)7-5-12/h4-7,9H,8,10-11,18H2,1-3H3. The van der Waals surface area contributed by atoms with Gasteiger partial charge in [0.25, 0.3) is 0 Å². The zero-order chi connectivity index (χ0) is 15.5. The molecule has 0 radical (unpaired) electrons. The molecule has 0 saturated carbocycles. The van der Waals surface area contributed by atoms with E-state index in [4.69, 9.17) is 21.8 Å². The minimum atomic E-state index is 0.0947. The van der Waals surface area contributed by atoms with Crippen LogP contribution in [-0.4, -0.2) is 30.0 Å². The zero-order valence-electron chi connectivity index (χ0n) is 12.8. The smallest absolute Gasteiger partial charge is 0.226 e. The first kappa shape index (κ1) is 16.0. The Morgan fingerprint density at radius 3 is 2.57 bits per heavy atom. The van der Waals surface area contributed by atoms with E-state index in [0.717, 1.165) is 24.3 Å². The molecule has 0 aliphatic rings. The highest BCUT2D eigenvalue weighted by Gasteiger charge is 2.19. The summed E-state index contributed by atoms with van der Waals surface area (Å²) in [6, 6.07) is 7.46. The average molecular weight is 308 g/mol. The fraction of sp³-hybridized carbons (Fsp3) is 0.438. The van der Waals surface area contributed by atoms with Crippen molar-refractivity contribution in [1.82, 2.24) is 9.88 Å². The molecule has 0 fully saturated rings. The van der Waals surface area contributed by atoms with Crippen LogP contribution in [0.1, 0.15) is 19.5 Å². The normalized spacial score (nSPS) is 12.1. The number of hydrogen-bond donors (Lipinski definition) is 1. The van der Waals surface area contributed by atoms with Gasteiger partial charge in [-0.05, 0) is 43.3 Å². The van der Waals surface area contributed by atoms with Gasteiger partial charge in [0.15, 0.2) is 0 Å². The Morgan fingerprint density at radius 1 is 1.29 bits per heavy atom. The molecule has 0 aliphatic heterocycles. The van der Waals surface area contributed by atoms with Crippen molar-refractivity contribution in [2.24, 2.45) is 11.1 Å². The molecular weight excluding hydrogens is 286 g/mol. The fourth-order valence-corrected chi connectivity index (χ4v) is 2.36. The Labute approximate surface area is 130 Å². The first-order chi connectivity index (χ1) is 9.89. The highest BCUT2D eigenvalue weighted by molar-refractivity contribution is 6.30. The van der Waals surface area contributed by atoms with Gasteiger partial charge in [0, 0.05) is 23.7 Å². The monoisotopic (exact) mass is 307 g/mol. The van der Waals surface area contributed by atoms with Gasteiger partial charge < -0.3 is 10.2 Å². The summed E-state index contributed by atoms with van der Waals surface area (Å²) < 4.78 is 5.54. The van der Waals surface area contributed by atoms with Crippen LogP contribution in [0.25, 0.3) is 11.5 Å². The second-order valence-corrected chi connectivity index (χ2v) is 6.63. The first-order valence-corrected chi connectivity index (χ1v) is 7.36. The van der Waals surface area contributed by atoms with E-state index in [0.29, 0.717) is 17.5 Å². The maximum atomic E-state index is 5.88. The van der Waals surface area contributed by atoms with Crippen molar-refractivity contribution in [3.05, 3.63) is 41.2 Å². The summed E-state index contributed by atoms with van der Waals surface area (Å²) in [5.41, 5.74) is 7.70. The van der Waals surface area contributed by atoms with Gasteiger partial charge in [-0.3, -0.25) is 4.90 Å². The number of aromatic nitrogens is 1. The fourth-order valence-electron chi connectivity index (χ4n) is 2.23. The largest absolute Gasteiger partial charge is 0.444 e. The van der Waals surface area contributed by atoms with E-state index >= 15 is 0 Å². The predicted molar refractivity (Wildman–Crippen MR) is 86.1 cm³/mol. The van der Waals surface area contributed by atoms with Crippen LogP contribution in [0.3, 0.4) is 0 Å². The van der Waals surface area contributed by atoms with Crippen LogP contribution in [0.4, 0.5) is 0 Å². The lowest BCUT2D eigenvalue weighted by molar-refractivity contribution is 0.208. The minimum absolute atomic E-state index is 0.0947. The minimum Gasteiger partial charge on any atom is -0.444 e. The van der Waals surface area contributed by atoms with Crippen molar-refractivity contribution in [3.63, 3.8) is 0 Å². The molecule has 2 aromatic rings. The third-order valence-corrected chi connectivity index (χ3v) is 3.58. The SMILES string of the molecule is CN(Cc1coc(-c2ccc(Cl)cc2)n1)CC(C)(C)CN. The molecule has 1 aromatic carbocycles. The lowest BCUT2D eigenvalue weighted by atomic mass is 9.93. The molecule has 21 heavy (non-hydrogen) atoms. The molecule has 0 spiro atoms. The second kappa shape index (κ2) is 6.60. The number of nitrogens with zero attached hydrogens (tertiary/aromatic N) is 2. The van der Waals surface area contributed by atoms with Crippen molar-refractivity contribution in [2.75, 3.05) is 20.1 Å². The molecule has 1 aromatic heterocycles. The van der Waals surface area contributed by atoms with Crippen LogP contribution < -0.4 is 5.73 Å². The molecule has 1 heterocycles. The number of halogens is 1. The molecule has 2 N–H and O–H groups in total. The predicted octanol–water partition coefficient (Wildman–Crippen LogP) is 3.41. The Hall–Kier alpha value is -1.36. The summed E-state index contributed by atoms with van der Waals surface area (Å²) >= 11 is 5.88. The zero-order valence-corrected chi connectivity index (χ0v) is 13.5. The molecule has 2 rings (SSSR count). The number of benzene rings is 1. The molecular formula is C16H22ClN3O. The van der Waals surface area contributed by atoms with Crippen molar-refractivity contribution < 1.29 is 4.42 Å². The van der Waals surface area contributed by atoms with Gasteiger partial charge >= 0.3 is 0 Å². The van der Waals surface area contributed by atoms with Crippen LogP contribution in [0.2, 0.25) is 5.02 Å².